The van der Waals surface area contributed by atoms with E-state index in [-0.39, 0.29) is 12.1 Å². The van der Waals surface area contributed by atoms with E-state index in [0.717, 1.165) is 22.8 Å². The molecule has 1 N–H and O–H groups in total. The molecule has 0 aliphatic carbocycles. The van der Waals surface area contributed by atoms with E-state index in [2.05, 4.69) is 30.8 Å². The lowest BCUT2D eigenvalue weighted by Crippen LogP contribution is -2.30. The summed E-state index contributed by atoms with van der Waals surface area (Å²) in [5.74, 6) is 0. The number of hydrogen-bond donors (Lipinski definition) is 1. The molecule has 1 saturated heterocycles. The summed E-state index contributed by atoms with van der Waals surface area (Å²) in [5.41, 5.74) is 3.98. The van der Waals surface area contributed by atoms with E-state index >= 15 is 0 Å². The first-order valence-electron chi connectivity index (χ1n) is 9.56. The minimum atomic E-state index is -0.111. The second-order valence-corrected chi connectivity index (χ2v) is 7.81. The molecule has 0 saturated carbocycles. The molecule has 0 unspecified atom stereocenters. The Balaban J connectivity index is 1.67. The van der Waals surface area contributed by atoms with Crippen molar-refractivity contribution in [1.29, 1.82) is 0 Å². The zero-order valence-corrected chi connectivity index (χ0v) is 17.5. The molecule has 4 aromatic rings. The molecule has 148 valence electrons. The van der Waals surface area contributed by atoms with Crippen LogP contribution in [0.2, 0.25) is 5.02 Å². The van der Waals surface area contributed by atoms with Crippen LogP contribution in [0, 0.1) is 0 Å². The zero-order valence-electron chi connectivity index (χ0n) is 15.9. The van der Waals surface area contributed by atoms with Crippen molar-refractivity contribution in [2.45, 2.75) is 12.1 Å². The summed E-state index contributed by atoms with van der Waals surface area (Å²) in [7, 11) is 0. The summed E-state index contributed by atoms with van der Waals surface area (Å²) < 4.78 is 2.14. The number of halogens is 1. The van der Waals surface area contributed by atoms with Crippen molar-refractivity contribution in [2.24, 2.45) is 0 Å². The van der Waals surface area contributed by atoms with Crippen molar-refractivity contribution in [3.63, 3.8) is 0 Å². The van der Waals surface area contributed by atoms with Crippen molar-refractivity contribution in [2.75, 3.05) is 4.90 Å². The van der Waals surface area contributed by atoms with Crippen LogP contribution >= 0.6 is 23.8 Å². The van der Waals surface area contributed by atoms with Gasteiger partial charge >= 0.3 is 0 Å². The van der Waals surface area contributed by atoms with Crippen LogP contribution in [0.25, 0.3) is 5.69 Å². The molecule has 0 bridgehead atoms. The average Bonchev–Trinajstić information content (AvgIpc) is 3.40. The van der Waals surface area contributed by atoms with E-state index in [1.165, 1.54) is 0 Å². The number of benzene rings is 1. The quantitative estimate of drug-likeness (QED) is 0.455. The maximum absolute atomic E-state index is 6.13. The van der Waals surface area contributed by atoms with Gasteiger partial charge in [-0.25, -0.2) is 0 Å². The molecule has 1 aliphatic heterocycles. The molecule has 0 radical (unpaired) electrons. The second kappa shape index (κ2) is 7.89. The van der Waals surface area contributed by atoms with Gasteiger partial charge in [-0.3, -0.25) is 9.97 Å². The first-order chi connectivity index (χ1) is 14.7. The van der Waals surface area contributed by atoms with Crippen LogP contribution in [-0.2, 0) is 0 Å². The van der Waals surface area contributed by atoms with Crippen LogP contribution in [0.4, 0.5) is 5.69 Å². The Morgan fingerprint density at radius 1 is 0.900 bits per heavy atom. The Labute approximate surface area is 185 Å². The number of nitrogens with one attached hydrogen (secondary N) is 1. The van der Waals surface area contributed by atoms with Crippen LogP contribution in [0.3, 0.4) is 0 Å². The van der Waals surface area contributed by atoms with Crippen molar-refractivity contribution < 1.29 is 0 Å². The Morgan fingerprint density at radius 3 is 2.50 bits per heavy atom. The van der Waals surface area contributed by atoms with E-state index in [1.54, 1.807) is 6.20 Å². The standard InChI is InChI=1S/C23H18ClN5S/c24-16-8-10-17(11-9-16)29-22(21(27-23(29)30)19-6-1-2-13-26-19)20-7-4-14-28(20)18-5-3-12-25-15-18/h1-15,21-22H,(H,27,30)/t21-,22+/m1/s1. The first kappa shape index (κ1) is 18.8. The van der Waals surface area contributed by atoms with Gasteiger partial charge in [0, 0.05) is 35.0 Å². The van der Waals surface area contributed by atoms with E-state index in [4.69, 9.17) is 23.8 Å². The molecule has 3 aromatic heterocycles. The molecule has 7 heteroatoms. The minimum absolute atomic E-state index is 0.108. The molecule has 0 amide bonds. The van der Waals surface area contributed by atoms with Gasteiger partial charge in [0.15, 0.2) is 5.11 Å². The third kappa shape index (κ3) is 3.34. The van der Waals surface area contributed by atoms with Gasteiger partial charge < -0.3 is 14.8 Å². The third-order valence-electron chi connectivity index (χ3n) is 5.21. The van der Waals surface area contributed by atoms with E-state index in [9.17, 15) is 0 Å². The Bertz CT molecular complexity index is 1160. The molecular formula is C23H18ClN5S. The zero-order chi connectivity index (χ0) is 20.5. The van der Waals surface area contributed by atoms with Crippen LogP contribution in [-0.4, -0.2) is 19.6 Å². The summed E-state index contributed by atoms with van der Waals surface area (Å²) in [6.07, 6.45) is 7.48. The molecule has 30 heavy (non-hydrogen) atoms. The van der Waals surface area contributed by atoms with Gasteiger partial charge in [0.1, 0.15) is 6.04 Å². The Hall–Kier alpha value is -3.22. The predicted octanol–water partition coefficient (Wildman–Crippen LogP) is 5.10. The van der Waals surface area contributed by atoms with Gasteiger partial charge in [-0.2, -0.15) is 0 Å². The first-order valence-corrected chi connectivity index (χ1v) is 10.3. The SMILES string of the molecule is S=C1N[C@H](c2ccccn2)[C@H](c2cccn2-c2cccnc2)N1c1ccc(Cl)cc1. The van der Waals surface area contributed by atoms with Gasteiger partial charge in [0.05, 0.1) is 23.6 Å². The number of pyridine rings is 2. The molecule has 5 nitrogen and oxygen atoms in total. The van der Waals surface area contributed by atoms with E-state index in [1.807, 2.05) is 79.3 Å². The van der Waals surface area contributed by atoms with Gasteiger partial charge in [-0.05, 0) is 72.9 Å². The lowest BCUT2D eigenvalue weighted by atomic mass is 10.0. The largest absolute Gasteiger partial charge is 0.351 e. The fourth-order valence-corrected chi connectivity index (χ4v) is 4.37. The average molecular weight is 432 g/mol. The smallest absolute Gasteiger partial charge is 0.174 e. The van der Waals surface area contributed by atoms with Gasteiger partial charge in [-0.15, -0.1) is 0 Å². The van der Waals surface area contributed by atoms with Crippen LogP contribution < -0.4 is 10.2 Å². The van der Waals surface area contributed by atoms with Crippen LogP contribution in [0.1, 0.15) is 23.5 Å². The molecular weight excluding hydrogens is 414 g/mol. The molecule has 2 atom stereocenters. The van der Waals surface area contributed by atoms with Crippen LogP contribution in [0.15, 0.2) is 91.5 Å². The highest BCUT2D eigenvalue weighted by molar-refractivity contribution is 7.80. The van der Waals surface area contributed by atoms with Gasteiger partial charge in [0.25, 0.3) is 0 Å². The third-order valence-corrected chi connectivity index (χ3v) is 5.78. The number of hydrogen-bond acceptors (Lipinski definition) is 3. The predicted molar refractivity (Wildman–Crippen MR) is 123 cm³/mol. The number of anilines is 1. The lowest BCUT2D eigenvalue weighted by Gasteiger charge is -2.29. The lowest BCUT2D eigenvalue weighted by molar-refractivity contribution is 0.549. The highest BCUT2D eigenvalue weighted by Gasteiger charge is 2.42. The highest BCUT2D eigenvalue weighted by Crippen LogP contribution is 2.42. The maximum Gasteiger partial charge on any atom is 0.174 e. The van der Waals surface area contributed by atoms with E-state index in [0.29, 0.717) is 10.1 Å². The summed E-state index contributed by atoms with van der Waals surface area (Å²) in [6, 6.07) is 21.6. The van der Waals surface area contributed by atoms with Crippen molar-refractivity contribution >= 4 is 34.6 Å². The summed E-state index contributed by atoms with van der Waals surface area (Å²) in [4.78, 5) is 11.0. The Morgan fingerprint density at radius 2 is 1.77 bits per heavy atom. The van der Waals surface area contributed by atoms with Gasteiger partial charge in [-0.1, -0.05) is 17.7 Å². The van der Waals surface area contributed by atoms with Crippen molar-refractivity contribution in [3.05, 3.63) is 108 Å². The fraction of sp³-hybridized carbons (Fsp3) is 0.0870. The molecule has 5 rings (SSSR count). The molecule has 0 spiro atoms. The molecule has 1 aliphatic rings. The molecule has 1 aromatic carbocycles. The summed E-state index contributed by atoms with van der Waals surface area (Å²) >= 11 is 11.9. The van der Waals surface area contributed by atoms with Crippen LogP contribution in [0.5, 0.6) is 0 Å². The minimum Gasteiger partial charge on any atom is -0.351 e. The summed E-state index contributed by atoms with van der Waals surface area (Å²) in [6.45, 7) is 0. The number of nitrogens with zero attached hydrogens (tertiary/aromatic N) is 4. The van der Waals surface area contributed by atoms with Crippen molar-refractivity contribution in [1.82, 2.24) is 19.9 Å². The highest BCUT2D eigenvalue weighted by atomic mass is 35.5. The molecule has 4 heterocycles. The van der Waals surface area contributed by atoms with Crippen molar-refractivity contribution in [3.8, 4) is 5.69 Å². The number of aromatic nitrogens is 3. The fourth-order valence-electron chi connectivity index (χ4n) is 3.90. The maximum atomic E-state index is 6.13. The molecule has 1 fully saturated rings. The van der Waals surface area contributed by atoms with E-state index < -0.39 is 0 Å². The second-order valence-electron chi connectivity index (χ2n) is 6.99. The Kier molecular flexibility index (Phi) is 4.94. The number of thiocarbonyl (C=S) groups is 1. The monoisotopic (exact) mass is 431 g/mol. The normalized spacial score (nSPS) is 18.4. The van der Waals surface area contributed by atoms with Gasteiger partial charge in [0.2, 0.25) is 0 Å². The number of rotatable bonds is 4. The topological polar surface area (TPSA) is 46.0 Å². The summed E-state index contributed by atoms with van der Waals surface area (Å²) in [5, 5.41) is 4.82.